The fraction of sp³-hybridized carbons (Fsp3) is 0.0833. The van der Waals surface area contributed by atoms with Gasteiger partial charge in [0.05, 0.1) is 17.3 Å². The summed E-state index contributed by atoms with van der Waals surface area (Å²) >= 11 is 0. The van der Waals surface area contributed by atoms with Gasteiger partial charge >= 0.3 is 0 Å². The Kier molecular flexibility index (Phi) is 2.79. The summed E-state index contributed by atoms with van der Waals surface area (Å²) in [4.78, 5) is 8.22. The highest BCUT2D eigenvalue weighted by Crippen LogP contribution is 2.18. The van der Waals surface area contributed by atoms with Crippen LogP contribution in [0.15, 0.2) is 36.7 Å². The summed E-state index contributed by atoms with van der Waals surface area (Å²) in [6, 6.07) is 11.2. The van der Waals surface area contributed by atoms with E-state index in [-0.39, 0.29) is 0 Å². The van der Waals surface area contributed by atoms with E-state index in [0.29, 0.717) is 5.56 Å². The fourth-order valence-corrected chi connectivity index (χ4v) is 1.37. The zero-order valence-electron chi connectivity index (χ0n) is 8.81. The van der Waals surface area contributed by atoms with Gasteiger partial charge < -0.3 is 5.32 Å². The van der Waals surface area contributed by atoms with Gasteiger partial charge in [-0.05, 0) is 12.1 Å². The molecule has 1 aromatic carbocycles. The number of anilines is 1. The molecule has 0 aliphatic heterocycles. The fourth-order valence-electron chi connectivity index (χ4n) is 1.37. The Morgan fingerprint density at radius 3 is 2.56 bits per heavy atom. The van der Waals surface area contributed by atoms with E-state index in [1.54, 1.807) is 12.1 Å². The molecule has 0 amide bonds. The van der Waals surface area contributed by atoms with Crippen LogP contribution in [-0.4, -0.2) is 17.0 Å². The van der Waals surface area contributed by atoms with Gasteiger partial charge in [0.2, 0.25) is 0 Å². The molecule has 4 nitrogen and oxygen atoms in total. The van der Waals surface area contributed by atoms with E-state index in [1.807, 2.05) is 25.2 Å². The van der Waals surface area contributed by atoms with Crippen molar-refractivity contribution in [3.63, 3.8) is 0 Å². The molecule has 0 spiro atoms. The van der Waals surface area contributed by atoms with Crippen molar-refractivity contribution in [2.75, 3.05) is 12.4 Å². The second kappa shape index (κ2) is 4.41. The maximum atomic E-state index is 8.70. The van der Waals surface area contributed by atoms with E-state index in [9.17, 15) is 0 Å². The largest absolute Gasteiger partial charge is 0.373 e. The molecule has 1 heterocycles. The highest BCUT2D eigenvalue weighted by molar-refractivity contribution is 5.62. The summed E-state index contributed by atoms with van der Waals surface area (Å²) in [6.07, 6.45) is 1.51. The number of benzene rings is 1. The molecule has 2 aromatic rings. The van der Waals surface area contributed by atoms with Gasteiger partial charge in [-0.3, -0.25) is 0 Å². The van der Waals surface area contributed by atoms with Crippen LogP contribution in [0.2, 0.25) is 0 Å². The second-order valence-electron chi connectivity index (χ2n) is 3.23. The Bertz CT molecular complexity index is 525. The molecule has 0 fully saturated rings. The summed E-state index contributed by atoms with van der Waals surface area (Å²) in [6.45, 7) is 0. The van der Waals surface area contributed by atoms with Crippen molar-refractivity contribution in [3.8, 4) is 17.3 Å². The van der Waals surface area contributed by atoms with E-state index in [0.717, 1.165) is 17.1 Å². The van der Waals surface area contributed by atoms with Crippen molar-refractivity contribution in [1.29, 1.82) is 5.26 Å². The van der Waals surface area contributed by atoms with E-state index in [4.69, 9.17) is 5.26 Å². The third-order valence-electron chi connectivity index (χ3n) is 2.23. The van der Waals surface area contributed by atoms with Crippen LogP contribution in [0, 0.1) is 11.3 Å². The van der Waals surface area contributed by atoms with Gasteiger partial charge in [-0.1, -0.05) is 12.1 Å². The Morgan fingerprint density at radius 2 is 1.94 bits per heavy atom. The van der Waals surface area contributed by atoms with Crippen molar-refractivity contribution in [1.82, 2.24) is 9.97 Å². The number of nitrogens with zero attached hydrogens (tertiary/aromatic N) is 3. The summed E-state index contributed by atoms with van der Waals surface area (Å²) in [5.41, 5.74) is 2.45. The number of nitrogens with one attached hydrogen (secondary N) is 1. The Balaban J connectivity index is 2.39. The van der Waals surface area contributed by atoms with Crippen LogP contribution in [0.3, 0.4) is 0 Å². The normalized spacial score (nSPS) is 9.50. The number of hydrogen-bond donors (Lipinski definition) is 1. The van der Waals surface area contributed by atoms with Crippen LogP contribution < -0.4 is 5.32 Å². The van der Waals surface area contributed by atoms with Crippen molar-refractivity contribution < 1.29 is 0 Å². The molecule has 2 rings (SSSR count). The monoisotopic (exact) mass is 210 g/mol. The van der Waals surface area contributed by atoms with E-state index in [1.165, 1.54) is 6.33 Å². The van der Waals surface area contributed by atoms with Crippen LogP contribution in [0.1, 0.15) is 5.56 Å². The van der Waals surface area contributed by atoms with E-state index >= 15 is 0 Å². The van der Waals surface area contributed by atoms with Gasteiger partial charge in [0, 0.05) is 18.7 Å². The first-order chi connectivity index (χ1) is 7.83. The van der Waals surface area contributed by atoms with Gasteiger partial charge in [-0.15, -0.1) is 0 Å². The SMILES string of the molecule is CNc1cc(-c2ccc(C#N)cc2)ncn1. The molecule has 0 bridgehead atoms. The summed E-state index contributed by atoms with van der Waals surface area (Å²) in [7, 11) is 1.81. The highest BCUT2D eigenvalue weighted by Gasteiger charge is 2.00. The summed E-state index contributed by atoms with van der Waals surface area (Å²) in [5, 5.41) is 11.7. The molecule has 0 unspecified atom stereocenters. The minimum Gasteiger partial charge on any atom is -0.373 e. The number of nitriles is 1. The second-order valence-corrected chi connectivity index (χ2v) is 3.23. The lowest BCUT2D eigenvalue weighted by Gasteiger charge is -2.02. The predicted molar refractivity (Wildman–Crippen MR) is 61.7 cm³/mol. The molecule has 16 heavy (non-hydrogen) atoms. The highest BCUT2D eigenvalue weighted by atomic mass is 15.0. The van der Waals surface area contributed by atoms with Gasteiger partial charge in [-0.2, -0.15) is 5.26 Å². The third kappa shape index (κ3) is 1.98. The van der Waals surface area contributed by atoms with Crippen LogP contribution in [-0.2, 0) is 0 Å². The van der Waals surface area contributed by atoms with Crippen molar-refractivity contribution in [2.24, 2.45) is 0 Å². The lowest BCUT2D eigenvalue weighted by Crippen LogP contribution is -1.94. The van der Waals surface area contributed by atoms with E-state index < -0.39 is 0 Å². The molecule has 0 aliphatic rings. The van der Waals surface area contributed by atoms with E-state index in [2.05, 4.69) is 21.4 Å². The minimum absolute atomic E-state index is 0.645. The molecule has 0 aliphatic carbocycles. The number of rotatable bonds is 2. The van der Waals surface area contributed by atoms with Crippen molar-refractivity contribution >= 4 is 5.82 Å². The molecular weight excluding hydrogens is 200 g/mol. The zero-order chi connectivity index (χ0) is 11.4. The number of aromatic nitrogens is 2. The Hall–Kier alpha value is -2.41. The van der Waals surface area contributed by atoms with Gasteiger partial charge in [0.1, 0.15) is 12.1 Å². The third-order valence-corrected chi connectivity index (χ3v) is 2.23. The first-order valence-electron chi connectivity index (χ1n) is 4.84. The summed E-state index contributed by atoms with van der Waals surface area (Å²) < 4.78 is 0. The predicted octanol–water partition coefficient (Wildman–Crippen LogP) is 2.06. The van der Waals surface area contributed by atoms with Gasteiger partial charge in [-0.25, -0.2) is 9.97 Å². The molecule has 0 saturated carbocycles. The van der Waals surface area contributed by atoms with Crippen LogP contribution >= 0.6 is 0 Å². The van der Waals surface area contributed by atoms with Gasteiger partial charge in [0.15, 0.2) is 0 Å². The van der Waals surface area contributed by atoms with Crippen molar-refractivity contribution in [3.05, 3.63) is 42.2 Å². The molecule has 78 valence electrons. The molecule has 0 radical (unpaired) electrons. The molecular formula is C12H10N4. The summed E-state index contributed by atoms with van der Waals surface area (Å²) in [5.74, 6) is 0.773. The maximum absolute atomic E-state index is 8.70. The molecule has 1 N–H and O–H groups in total. The maximum Gasteiger partial charge on any atom is 0.129 e. The lowest BCUT2D eigenvalue weighted by molar-refractivity contribution is 1.16. The lowest BCUT2D eigenvalue weighted by atomic mass is 10.1. The Labute approximate surface area is 93.6 Å². The average Bonchev–Trinajstić information content (AvgIpc) is 2.39. The van der Waals surface area contributed by atoms with Gasteiger partial charge in [0.25, 0.3) is 0 Å². The van der Waals surface area contributed by atoms with Crippen molar-refractivity contribution in [2.45, 2.75) is 0 Å². The van der Waals surface area contributed by atoms with Crippen LogP contribution in [0.5, 0.6) is 0 Å². The topological polar surface area (TPSA) is 61.6 Å². The Morgan fingerprint density at radius 1 is 1.19 bits per heavy atom. The standard InChI is InChI=1S/C12H10N4/c1-14-12-6-11(15-8-16-12)10-4-2-9(7-13)3-5-10/h2-6,8H,1H3,(H,14,15,16). The molecule has 0 atom stereocenters. The smallest absolute Gasteiger partial charge is 0.129 e. The van der Waals surface area contributed by atoms with Crippen LogP contribution in [0.4, 0.5) is 5.82 Å². The first kappa shape index (κ1) is 10.1. The quantitative estimate of drug-likeness (QED) is 0.824. The first-order valence-corrected chi connectivity index (χ1v) is 4.84. The minimum atomic E-state index is 0.645. The molecule has 0 saturated heterocycles. The molecule has 4 heteroatoms. The molecule has 1 aromatic heterocycles. The average molecular weight is 210 g/mol. The van der Waals surface area contributed by atoms with Crippen LogP contribution in [0.25, 0.3) is 11.3 Å². The number of hydrogen-bond acceptors (Lipinski definition) is 4. The zero-order valence-corrected chi connectivity index (χ0v) is 8.81.